The third-order valence-corrected chi connectivity index (χ3v) is 6.61. The van der Waals surface area contributed by atoms with Crippen LogP contribution in [0, 0.1) is 5.82 Å². The van der Waals surface area contributed by atoms with Gasteiger partial charge in [0, 0.05) is 24.6 Å². The van der Waals surface area contributed by atoms with Gasteiger partial charge in [-0.1, -0.05) is 6.92 Å². The summed E-state index contributed by atoms with van der Waals surface area (Å²) in [6.07, 6.45) is 1.50. The van der Waals surface area contributed by atoms with Crippen molar-refractivity contribution in [2.45, 2.75) is 52.2 Å². The molecule has 11 nitrogen and oxygen atoms in total. The Labute approximate surface area is 218 Å². The van der Waals surface area contributed by atoms with Gasteiger partial charge in [0.2, 0.25) is 0 Å². The largest absolute Gasteiger partial charge is 0.493 e. The van der Waals surface area contributed by atoms with Crippen LogP contribution in [0.2, 0.25) is 0 Å². The molecule has 0 N–H and O–H groups in total. The molecular weight excluding hydrogens is 493 g/mol. The van der Waals surface area contributed by atoms with Crippen molar-refractivity contribution < 1.29 is 23.4 Å². The highest BCUT2D eigenvalue weighted by Gasteiger charge is 2.37. The van der Waals surface area contributed by atoms with Gasteiger partial charge in [0.25, 0.3) is 0 Å². The Morgan fingerprint density at radius 2 is 1.97 bits per heavy atom. The number of hydrogen-bond donors (Lipinski definition) is 0. The Balaban J connectivity index is 1.60. The molecule has 6 rings (SSSR count). The van der Waals surface area contributed by atoms with Crippen molar-refractivity contribution >= 4 is 17.6 Å². The normalized spacial score (nSPS) is 16.7. The van der Waals surface area contributed by atoms with Crippen LogP contribution < -0.4 is 14.4 Å². The summed E-state index contributed by atoms with van der Waals surface area (Å²) in [6.45, 7) is 7.77. The van der Waals surface area contributed by atoms with Gasteiger partial charge in [-0.15, -0.1) is 10.2 Å². The summed E-state index contributed by atoms with van der Waals surface area (Å²) in [6, 6.07) is 4.76. The van der Waals surface area contributed by atoms with Crippen LogP contribution in [0.25, 0.3) is 17.0 Å². The number of pyridine rings is 1. The topological polar surface area (TPSA) is 109 Å². The molecule has 0 aliphatic carbocycles. The van der Waals surface area contributed by atoms with E-state index in [1.165, 1.54) is 17.3 Å². The predicted molar refractivity (Wildman–Crippen MR) is 135 cm³/mol. The third-order valence-electron chi connectivity index (χ3n) is 6.61. The Morgan fingerprint density at radius 1 is 1.21 bits per heavy atom. The number of fused-ring (bicyclic) bond motifs is 3. The Morgan fingerprint density at radius 3 is 2.68 bits per heavy atom. The number of halogens is 1. The molecule has 2 aliphatic rings. The quantitative estimate of drug-likeness (QED) is 0.389. The predicted octanol–water partition coefficient (Wildman–Crippen LogP) is 4.04. The van der Waals surface area contributed by atoms with E-state index < -0.39 is 17.5 Å². The SMILES string of the molecule is CCc1nc(-c2cc3c(n4cnnc24)N(C(=O)OC(C)(C)C)Cc2c(F)ccc4c2[C@H](CO4)CO3)n(C)n1. The first-order valence-corrected chi connectivity index (χ1v) is 12.5. The first-order chi connectivity index (χ1) is 18.1. The van der Waals surface area contributed by atoms with E-state index in [1.807, 2.05) is 6.92 Å². The van der Waals surface area contributed by atoms with Crippen molar-refractivity contribution in [2.75, 3.05) is 18.1 Å². The molecule has 0 radical (unpaired) electrons. The number of aryl methyl sites for hydroxylation is 2. The van der Waals surface area contributed by atoms with Gasteiger partial charge in [0.05, 0.1) is 31.2 Å². The zero-order valence-corrected chi connectivity index (χ0v) is 21.9. The maximum Gasteiger partial charge on any atom is 0.416 e. The summed E-state index contributed by atoms with van der Waals surface area (Å²) in [5.41, 5.74) is 1.35. The lowest BCUT2D eigenvalue weighted by molar-refractivity contribution is 0.0574. The average Bonchev–Trinajstić information content (AvgIpc) is 3.59. The van der Waals surface area contributed by atoms with Gasteiger partial charge in [-0.05, 0) is 39.0 Å². The summed E-state index contributed by atoms with van der Waals surface area (Å²) in [7, 11) is 1.81. The van der Waals surface area contributed by atoms with Crippen LogP contribution >= 0.6 is 0 Å². The molecule has 38 heavy (non-hydrogen) atoms. The van der Waals surface area contributed by atoms with Crippen LogP contribution in [0.3, 0.4) is 0 Å². The third kappa shape index (κ3) is 3.91. The van der Waals surface area contributed by atoms with Crippen molar-refractivity contribution in [3.63, 3.8) is 0 Å². The lowest BCUT2D eigenvalue weighted by Crippen LogP contribution is -2.38. The minimum atomic E-state index is -0.791. The number of benzene rings is 1. The van der Waals surface area contributed by atoms with E-state index in [9.17, 15) is 4.79 Å². The molecule has 5 heterocycles. The summed E-state index contributed by atoms with van der Waals surface area (Å²) < 4.78 is 36.7. The average molecular weight is 522 g/mol. The molecule has 0 spiro atoms. The number of carbonyl (C=O) groups is 1. The van der Waals surface area contributed by atoms with Crippen molar-refractivity contribution in [1.82, 2.24) is 29.4 Å². The summed E-state index contributed by atoms with van der Waals surface area (Å²) in [5.74, 6) is 1.91. The highest BCUT2D eigenvalue weighted by Crippen LogP contribution is 2.43. The van der Waals surface area contributed by atoms with E-state index >= 15 is 4.39 Å². The number of nitrogens with zero attached hydrogens (tertiary/aromatic N) is 7. The molecule has 0 unspecified atom stereocenters. The number of rotatable bonds is 2. The van der Waals surface area contributed by atoms with Gasteiger partial charge in [-0.2, -0.15) is 5.10 Å². The van der Waals surface area contributed by atoms with Crippen molar-refractivity contribution in [1.29, 1.82) is 0 Å². The van der Waals surface area contributed by atoms with E-state index in [0.29, 0.717) is 64.3 Å². The number of anilines is 1. The number of aromatic nitrogens is 6. The molecular formula is C26H28FN7O4. The molecule has 1 amide bonds. The molecule has 0 saturated heterocycles. The summed E-state index contributed by atoms with van der Waals surface area (Å²) in [4.78, 5) is 19.7. The van der Waals surface area contributed by atoms with Crippen LogP contribution in [0.5, 0.6) is 11.5 Å². The fourth-order valence-electron chi connectivity index (χ4n) is 4.96. The van der Waals surface area contributed by atoms with Crippen LogP contribution in [0.4, 0.5) is 15.0 Å². The Bertz CT molecular complexity index is 1570. The fourth-order valence-corrected chi connectivity index (χ4v) is 4.96. The summed E-state index contributed by atoms with van der Waals surface area (Å²) >= 11 is 0. The van der Waals surface area contributed by atoms with E-state index in [-0.39, 0.29) is 19.1 Å². The monoisotopic (exact) mass is 521 g/mol. The lowest BCUT2D eigenvalue weighted by atomic mass is 9.95. The van der Waals surface area contributed by atoms with Crippen molar-refractivity contribution in [3.8, 4) is 22.9 Å². The molecule has 3 aromatic heterocycles. The van der Waals surface area contributed by atoms with Crippen LogP contribution in [-0.4, -0.2) is 54.3 Å². The molecule has 4 aromatic rings. The molecule has 2 aliphatic heterocycles. The Kier molecular flexibility index (Phi) is 5.51. The van der Waals surface area contributed by atoms with Gasteiger partial charge < -0.3 is 14.2 Å². The molecule has 0 bridgehead atoms. The maximum absolute atomic E-state index is 15.3. The second-order valence-corrected chi connectivity index (χ2v) is 10.4. The van der Waals surface area contributed by atoms with E-state index in [1.54, 1.807) is 49.0 Å². The highest BCUT2D eigenvalue weighted by atomic mass is 19.1. The first-order valence-electron chi connectivity index (χ1n) is 12.5. The maximum atomic E-state index is 15.3. The lowest BCUT2D eigenvalue weighted by Gasteiger charge is -2.29. The number of hydrogen-bond acceptors (Lipinski definition) is 8. The van der Waals surface area contributed by atoms with E-state index in [0.717, 1.165) is 0 Å². The minimum Gasteiger partial charge on any atom is -0.493 e. The van der Waals surface area contributed by atoms with Crippen LogP contribution in [-0.2, 0) is 24.8 Å². The highest BCUT2D eigenvalue weighted by molar-refractivity contribution is 5.91. The number of ether oxygens (including phenoxy) is 3. The van der Waals surface area contributed by atoms with Gasteiger partial charge in [0.1, 0.15) is 23.5 Å². The van der Waals surface area contributed by atoms with Gasteiger partial charge in [0.15, 0.2) is 28.9 Å². The number of carbonyl (C=O) groups excluding carboxylic acids is 1. The molecule has 198 valence electrons. The first kappa shape index (κ1) is 24.1. The van der Waals surface area contributed by atoms with Gasteiger partial charge in [-0.3, -0.25) is 9.30 Å². The fraction of sp³-hybridized carbons (Fsp3) is 0.423. The zero-order chi connectivity index (χ0) is 26.8. The minimum absolute atomic E-state index is 0.100. The summed E-state index contributed by atoms with van der Waals surface area (Å²) in [5, 5.41) is 12.9. The molecule has 12 heteroatoms. The molecule has 0 saturated carbocycles. The second kappa shape index (κ2) is 8.67. The molecule has 1 aromatic carbocycles. The standard InChI is InChI=1S/C26H28FN7O4/c1-6-20-29-22(32(5)31-20)15-9-19-24(34-13-28-30-23(15)34)33(25(35)38-26(2,3)4)10-16-17(27)7-8-18-21(16)14(11-36-18)12-37-19/h7-9,13-14H,6,10-12H2,1-5H3/t14-/m1/s1. The number of amides is 1. The second-order valence-electron chi connectivity index (χ2n) is 10.4. The van der Waals surface area contributed by atoms with Gasteiger partial charge in [-0.25, -0.2) is 18.9 Å². The van der Waals surface area contributed by atoms with Crippen LogP contribution in [0.15, 0.2) is 24.5 Å². The van der Waals surface area contributed by atoms with Crippen molar-refractivity contribution in [2.24, 2.45) is 7.05 Å². The van der Waals surface area contributed by atoms with E-state index in [4.69, 9.17) is 14.2 Å². The Hall–Kier alpha value is -4.22. The zero-order valence-electron chi connectivity index (χ0n) is 21.9. The molecule has 1 atom stereocenters. The van der Waals surface area contributed by atoms with Gasteiger partial charge >= 0.3 is 6.09 Å². The van der Waals surface area contributed by atoms with Crippen molar-refractivity contribution in [3.05, 3.63) is 47.3 Å². The molecule has 0 fully saturated rings. The van der Waals surface area contributed by atoms with Crippen LogP contribution in [0.1, 0.15) is 50.6 Å². The van der Waals surface area contributed by atoms with E-state index in [2.05, 4.69) is 20.3 Å². The smallest absolute Gasteiger partial charge is 0.416 e.